The predicted molar refractivity (Wildman–Crippen MR) is 85.4 cm³/mol. The van der Waals surface area contributed by atoms with E-state index in [0.29, 0.717) is 31.7 Å². The van der Waals surface area contributed by atoms with Crippen LogP contribution in [0.2, 0.25) is 0 Å². The minimum atomic E-state index is -4.37. The summed E-state index contributed by atoms with van der Waals surface area (Å²) in [5, 5.41) is 4.29. The molecule has 1 amide bonds. The molecule has 0 bridgehead atoms. The molecule has 5 nitrogen and oxygen atoms in total. The second kappa shape index (κ2) is 5.24. The molecule has 1 saturated heterocycles. The normalized spacial score (nSPS) is 23.4. The SMILES string of the molecule is CN1CC[C@]2(CN(c3ccc(C(F)(F)F)cc3)c3ccnn3C2)C1=O. The fraction of sp³-hybridized carbons (Fsp3) is 0.412. The van der Waals surface area contributed by atoms with Crippen LogP contribution in [0.1, 0.15) is 12.0 Å². The van der Waals surface area contributed by atoms with E-state index in [1.165, 1.54) is 12.1 Å². The first-order chi connectivity index (χ1) is 11.8. The fourth-order valence-electron chi connectivity index (χ4n) is 3.74. The van der Waals surface area contributed by atoms with Gasteiger partial charge in [0.05, 0.1) is 23.7 Å². The molecule has 4 rings (SSSR count). The van der Waals surface area contributed by atoms with E-state index in [9.17, 15) is 18.0 Å². The Morgan fingerprint density at radius 1 is 1.12 bits per heavy atom. The molecule has 2 aromatic rings. The van der Waals surface area contributed by atoms with Crippen molar-refractivity contribution in [3.63, 3.8) is 0 Å². The number of halogens is 3. The van der Waals surface area contributed by atoms with E-state index < -0.39 is 17.2 Å². The minimum Gasteiger partial charge on any atom is -0.345 e. The topological polar surface area (TPSA) is 41.4 Å². The summed E-state index contributed by atoms with van der Waals surface area (Å²) >= 11 is 0. The summed E-state index contributed by atoms with van der Waals surface area (Å²) in [5.74, 6) is 0.846. The summed E-state index contributed by atoms with van der Waals surface area (Å²) in [5.41, 5.74) is -0.652. The Bertz CT molecular complexity index is 814. The molecule has 1 spiro atoms. The van der Waals surface area contributed by atoms with Gasteiger partial charge in [0, 0.05) is 31.9 Å². The number of carbonyl (C=O) groups is 1. The van der Waals surface area contributed by atoms with Gasteiger partial charge in [0.2, 0.25) is 5.91 Å². The van der Waals surface area contributed by atoms with Crippen LogP contribution in [0.3, 0.4) is 0 Å². The third kappa shape index (κ3) is 2.47. The summed E-state index contributed by atoms with van der Waals surface area (Å²) < 4.78 is 40.2. The van der Waals surface area contributed by atoms with Gasteiger partial charge in [-0.15, -0.1) is 0 Å². The van der Waals surface area contributed by atoms with Crippen LogP contribution in [0.25, 0.3) is 0 Å². The highest BCUT2D eigenvalue weighted by Crippen LogP contribution is 2.42. The lowest BCUT2D eigenvalue weighted by molar-refractivity contribution is -0.137. The smallest absolute Gasteiger partial charge is 0.345 e. The van der Waals surface area contributed by atoms with E-state index in [1.807, 2.05) is 11.0 Å². The molecule has 1 fully saturated rings. The molecule has 0 unspecified atom stereocenters. The Morgan fingerprint density at radius 2 is 1.84 bits per heavy atom. The van der Waals surface area contributed by atoms with Crippen molar-refractivity contribution >= 4 is 17.4 Å². The van der Waals surface area contributed by atoms with Crippen LogP contribution >= 0.6 is 0 Å². The van der Waals surface area contributed by atoms with E-state index in [0.717, 1.165) is 18.0 Å². The van der Waals surface area contributed by atoms with Gasteiger partial charge >= 0.3 is 6.18 Å². The van der Waals surface area contributed by atoms with Crippen molar-refractivity contribution in [1.29, 1.82) is 0 Å². The van der Waals surface area contributed by atoms with E-state index in [-0.39, 0.29) is 5.91 Å². The van der Waals surface area contributed by atoms with Crippen LogP contribution in [0, 0.1) is 5.41 Å². The summed E-state index contributed by atoms with van der Waals surface area (Å²) in [4.78, 5) is 16.3. The third-order valence-corrected chi connectivity index (χ3v) is 5.12. The Labute approximate surface area is 142 Å². The number of hydrogen-bond acceptors (Lipinski definition) is 3. The van der Waals surface area contributed by atoms with Gasteiger partial charge in [0.1, 0.15) is 5.82 Å². The van der Waals surface area contributed by atoms with Crippen LogP contribution in [0.4, 0.5) is 24.7 Å². The first kappa shape index (κ1) is 16.0. The van der Waals surface area contributed by atoms with Gasteiger partial charge in [-0.3, -0.25) is 4.79 Å². The highest BCUT2D eigenvalue weighted by Gasteiger charge is 2.50. The van der Waals surface area contributed by atoms with Gasteiger partial charge in [0.15, 0.2) is 0 Å². The van der Waals surface area contributed by atoms with Crippen molar-refractivity contribution in [2.45, 2.75) is 19.1 Å². The maximum atomic E-state index is 12.8. The van der Waals surface area contributed by atoms with E-state index in [1.54, 1.807) is 22.8 Å². The molecule has 132 valence electrons. The molecule has 1 atom stereocenters. The quantitative estimate of drug-likeness (QED) is 0.794. The van der Waals surface area contributed by atoms with Gasteiger partial charge in [0.25, 0.3) is 0 Å². The molecule has 0 radical (unpaired) electrons. The first-order valence-corrected chi connectivity index (χ1v) is 8.02. The number of amides is 1. The molecule has 1 aromatic heterocycles. The summed E-state index contributed by atoms with van der Waals surface area (Å²) in [6.07, 6.45) is -2.01. The second-order valence-electron chi connectivity index (χ2n) is 6.73. The lowest BCUT2D eigenvalue weighted by Crippen LogP contribution is -2.48. The molecule has 0 aliphatic carbocycles. The lowest BCUT2D eigenvalue weighted by Gasteiger charge is -2.40. The van der Waals surface area contributed by atoms with E-state index >= 15 is 0 Å². The molecular formula is C17H17F3N4O. The number of nitrogens with zero attached hydrogens (tertiary/aromatic N) is 4. The number of alkyl halides is 3. The number of fused-ring (bicyclic) bond motifs is 1. The maximum absolute atomic E-state index is 12.8. The van der Waals surface area contributed by atoms with Crippen molar-refractivity contribution in [1.82, 2.24) is 14.7 Å². The highest BCUT2D eigenvalue weighted by atomic mass is 19.4. The number of rotatable bonds is 1. The second-order valence-corrected chi connectivity index (χ2v) is 6.73. The van der Waals surface area contributed by atoms with Crippen LogP contribution in [0.15, 0.2) is 36.5 Å². The van der Waals surface area contributed by atoms with Crippen molar-refractivity contribution in [3.8, 4) is 0 Å². The molecule has 2 aliphatic rings. The monoisotopic (exact) mass is 350 g/mol. The molecular weight excluding hydrogens is 333 g/mol. The van der Waals surface area contributed by atoms with Crippen LogP contribution in [0.5, 0.6) is 0 Å². The van der Waals surface area contributed by atoms with Crippen LogP contribution in [-0.2, 0) is 17.5 Å². The van der Waals surface area contributed by atoms with Gasteiger partial charge in [-0.05, 0) is 30.7 Å². The molecule has 25 heavy (non-hydrogen) atoms. The molecule has 3 heterocycles. The number of hydrogen-bond donors (Lipinski definition) is 0. The standard InChI is InChI=1S/C17H17F3N4O/c1-22-9-7-16(15(22)25)10-23(14-6-8-21-24(14)11-16)13-4-2-12(3-5-13)17(18,19)20/h2-6,8H,7,9-11H2,1H3/t16-/m1/s1. The third-order valence-electron chi connectivity index (χ3n) is 5.12. The zero-order valence-electron chi connectivity index (χ0n) is 13.6. The zero-order valence-corrected chi connectivity index (χ0v) is 13.6. The molecule has 1 aromatic carbocycles. The Kier molecular flexibility index (Phi) is 3.35. The molecule has 0 saturated carbocycles. The van der Waals surface area contributed by atoms with Crippen molar-refractivity contribution < 1.29 is 18.0 Å². The largest absolute Gasteiger partial charge is 0.416 e. The van der Waals surface area contributed by atoms with Gasteiger partial charge < -0.3 is 9.80 Å². The molecule has 2 aliphatic heterocycles. The Hall–Kier alpha value is -2.51. The molecule has 0 N–H and O–H groups in total. The Morgan fingerprint density at radius 3 is 2.44 bits per heavy atom. The van der Waals surface area contributed by atoms with Crippen LogP contribution in [-0.4, -0.2) is 40.7 Å². The number of anilines is 2. The average Bonchev–Trinajstić information content (AvgIpc) is 3.15. The van der Waals surface area contributed by atoms with E-state index in [4.69, 9.17) is 0 Å². The molecule has 8 heteroatoms. The van der Waals surface area contributed by atoms with Crippen molar-refractivity contribution in [3.05, 3.63) is 42.1 Å². The van der Waals surface area contributed by atoms with Crippen molar-refractivity contribution in [2.24, 2.45) is 5.41 Å². The van der Waals surface area contributed by atoms with Gasteiger partial charge in [-0.2, -0.15) is 18.3 Å². The minimum absolute atomic E-state index is 0.0607. The van der Waals surface area contributed by atoms with E-state index in [2.05, 4.69) is 5.10 Å². The number of aromatic nitrogens is 2. The van der Waals surface area contributed by atoms with Gasteiger partial charge in [-0.25, -0.2) is 4.68 Å². The fourth-order valence-corrected chi connectivity index (χ4v) is 3.74. The predicted octanol–water partition coefficient (Wildman–Crippen LogP) is 2.90. The highest BCUT2D eigenvalue weighted by molar-refractivity contribution is 5.86. The Balaban J connectivity index is 1.73. The summed E-state index contributed by atoms with van der Waals surface area (Å²) in [6, 6.07) is 6.85. The lowest BCUT2D eigenvalue weighted by atomic mass is 9.84. The van der Waals surface area contributed by atoms with Crippen LogP contribution < -0.4 is 4.90 Å². The maximum Gasteiger partial charge on any atom is 0.416 e. The van der Waals surface area contributed by atoms with Gasteiger partial charge in [-0.1, -0.05) is 0 Å². The first-order valence-electron chi connectivity index (χ1n) is 8.02. The van der Waals surface area contributed by atoms with Crippen molar-refractivity contribution in [2.75, 3.05) is 25.0 Å². The zero-order chi connectivity index (χ0) is 17.8. The number of benzene rings is 1. The number of carbonyl (C=O) groups excluding carboxylic acids is 1. The number of likely N-dealkylation sites (tertiary alicyclic amines) is 1. The summed E-state index contributed by atoms with van der Waals surface area (Å²) in [7, 11) is 1.78. The average molecular weight is 350 g/mol. The summed E-state index contributed by atoms with van der Waals surface area (Å²) in [6.45, 7) is 1.61.